The molecule has 146 valence electrons. The van der Waals surface area contributed by atoms with Gasteiger partial charge in [-0.2, -0.15) is 0 Å². The average Bonchev–Trinajstić information content (AvgIpc) is 3.20. The van der Waals surface area contributed by atoms with E-state index >= 15 is 0 Å². The Bertz CT molecular complexity index is 1200. The van der Waals surface area contributed by atoms with E-state index in [2.05, 4.69) is 10.3 Å². The maximum absolute atomic E-state index is 12.8. The highest BCUT2D eigenvalue weighted by Gasteiger charge is 2.12. The van der Waals surface area contributed by atoms with Crippen molar-refractivity contribution in [1.29, 1.82) is 0 Å². The number of carbonyl (C=O) groups is 1. The van der Waals surface area contributed by atoms with Crippen LogP contribution in [0, 0.1) is 0 Å². The maximum Gasteiger partial charge on any atom is 0.271 e. The van der Waals surface area contributed by atoms with Gasteiger partial charge in [-0.15, -0.1) is 11.3 Å². The SMILES string of the molecule is COc1ccc(CNC(=O)Cn2cnc3cc(-c4ccccc4)sc3c2=O)cc1. The number of hydrogen-bond donors (Lipinski definition) is 1. The Morgan fingerprint density at radius 3 is 2.62 bits per heavy atom. The van der Waals surface area contributed by atoms with E-state index in [9.17, 15) is 9.59 Å². The number of rotatable bonds is 6. The summed E-state index contributed by atoms with van der Waals surface area (Å²) in [4.78, 5) is 30.4. The molecular weight excluding hydrogens is 386 g/mol. The van der Waals surface area contributed by atoms with Crippen molar-refractivity contribution >= 4 is 27.5 Å². The van der Waals surface area contributed by atoms with Crippen molar-refractivity contribution in [3.05, 3.63) is 82.9 Å². The molecule has 4 rings (SSSR count). The Labute approximate surface area is 171 Å². The van der Waals surface area contributed by atoms with Crippen molar-refractivity contribution in [3.63, 3.8) is 0 Å². The Hall–Kier alpha value is -3.45. The van der Waals surface area contributed by atoms with E-state index in [1.165, 1.54) is 22.2 Å². The fourth-order valence-corrected chi connectivity index (χ4v) is 4.02. The second-order valence-corrected chi connectivity index (χ2v) is 7.55. The summed E-state index contributed by atoms with van der Waals surface area (Å²) in [5.74, 6) is 0.515. The van der Waals surface area contributed by atoms with Crippen LogP contribution in [0.3, 0.4) is 0 Å². The van der Waals surface area contributed by atoms with Crippen molar-refractivity contribution in [1.82, 2.24) is 14.9 Å². The van der Waals surface area contributed by atoms with Gasteiger partial charge in [-0.05, 0) is 29.3 Å². The highest BCUT2D eigenvalue weighted by Crippen LogP contribution is 2.30. The number of thiophene rings is 1. The first kappa shape index (κ1) is 18.9. The Balaban J connectivity index is 1.48. The third kappa shape index (κ3) is 4.20. The van der Waals surface area contributed by atoms with Crippen LogP contribution >= 0.6 is 11.3 Å². The van der Waals surface area contributed by atoms with E-state index in [-0.39, 0.29) is 18.0 Å². The van der Waals surface area contributed by atoms with Gasteiger partial charge in [0.15, 0.2) is 0 Å². The molecule has 0 saturated carbocycles. The van der Waals surface area contributed by atoms with Crippen molar-refractivity contribution in [2.45, 2.75) is 13.1 Å². The largest absolute Gasteiger partial charge is 0.497 e. The van der Waals surface area contributed by atoms with Gasteiger partial charge in [0, 0.05) is 11.4 Å². The lowest BCUT2D eigenvalue weighted by molar-refractivity contribution is -0.121. The number of methoxy groups -OCH3 is 1. The molecule has 2 heterocycles. The van der Waals surface area contributed by atoms with Crippen LogP contribution in [-0.4, -0.2) is 22.6 Å². The zero-order chi connectivity index (χ0) is 20.2. The van der Waals surface area contributed by atoms with Gasteiger partial charge in [0.05, 0.1) is 19.0 Å². The Morgan fingerprint density at radius 2 is 1.90 bits per heavy atom. The standard InChI is InChI=1S/C22H19N3O3S/c1-28-17-9-7-15(8-10-17)12-23-20(26)13-25-14-24-18-11-19(29-21(18)22(25)27)16-5-3-2-4-6-16/h2-11,14H,12-13H2,1H3,(H,23,26). The summed E-state index contributed by atoms with van der Waals surface area (Å²) in [5, 5.41) is 2.83. The molecule has 1 N–H and O–H groups in total. The molecule has 29 heavy (non-hydrogen) atoms. The number of nitrogens with one attached hydrogen (secondary N) is 1. The monoisotopic (exact) mass is 405 g/mol. The molecule has 2 aromatic carbocycles. The van der Waals surface area contributed by atoms with Crippen LogP contribution in [0.5, 0.6) is 5.75 Å². The Morgan fingerprint density at radius 1 is 1.14 bits per heavy atom. The minimum Gasteiger partial charge on any atom is -0.497 e. The molecule has 7 heteroatoms. The molecule has 0 spiro atoms. The van der Waals surface area contributed by atoms with Gasteiger partial charge < -0.3 is 10.1 Å². The molecule has 6 nitrogen and oxygen atoms in total. The zero-order valence-electron chi connectivity index (χ0n) is 15.8. The third-order valence-corrected chi connectivity index (χ3v) is 5.69. The highest BCUT2D eigenvalue weighted by atomic mass is 32.1. The predicted molar refractivity (Wildman–Crippen MR) is 114 cm³/mol. The minimum absolute atomic E-state index is 0.0729. The number of hydrogen-bond acceptors (Lipinski definition) is 5. The molecule has 0 fully saturated rings. The molecule has 0 aliphatic carbocycles. The zero-order valence-corrected chi connectivity index (χ0v) is 16.6. The van der Waals surface area contributed by atoms with E-state index in [0.717, 1.165) is 21.8 Å². The lowest BCUT2D eigenvalue weighted by Crippen LogP contribution is -2.31. The molecule has 1 amide bonds. The number of amides is 1. The van der Waals surface area contributed by atoms with Crippen LogP contribution < -0.4 is 15.6 Å². The average molecular weight is 405 g/mol. The topological polar surface area (TPSA) is 73.2 Å². The first-order chi connectivity index (χ1) is 14.1. The third-order valence-electron chi connectivity index (χ3n) is 4.52. The summed E-state index contributed by atoms with van der Waals surface area (Å²) in [5.41, 5.74) is 2.43. The van der Waals surface area contributed by atoms with E-state index in [4.69, 9.17) is 4.74 Å². The molecule has 0 saturated heterocycles. The van der Waals surface area contributed by atoms with Gasteiger partial charge in [-0.25, -0.2) is 4.98 Å². The lowest BCUT2D eigenvalue weighted by atomic mass is 10.2. The fourth-order valence-electron chi connectivity index (χ4n) is 2.96. The number of nitrogens with zero attached hydrogens (tertiary/aromatic N) is 2. The fraction of sp³-hybridized carbons (Fsp3) is 0.136. The molecular formula is C22H19N3O3S. The van der Waals surface area contributed by atoms with Gasteiger partial charge in [0.1, 0.15) is 17.0 Å². The summed E-state index contributed by atoms with van der Waals surface area (Å²) in [6, 6.07) is 19.2. The van der Waals surface area contributed by atoms with Crippen LogP contribution in [0.2, 0.25) is 0 Å². The molecule has 0 unspecified atom stereocenters. The summed E-state index contributed by atoms with van der Waals surface area (Å²) in [6.07, 6.45) is 1.43. The summed E-state index contributed by atoms with van der Waals surface area (Å²) in [7, 11) is 1.61. The Kier molecular flexibility index (Phi) is 5.39. The van der Waals surface area contributed by atoms with Crippen LogP contribution in [0.25, 0.3) is 20.7 Å². The van der Waals surface area contributed by atoms with E-state index in [1.54, 1.807) is 7.11 Å². The van der Waals surface area contributed by atoms with Gasteiger partial charge >= 0.3 is 0 Å². The molecule has 0 aliphatic rings. The van der Waals surface area contributed by atoms with Crippen molar-refractivity contribution in [2.75, 3.05) is 7.11 Å². The first-order valence-corrected chi connectivity index (χ1v) is 9.90. The molecule has 0 radical (unpaired) electrons. The van der Waals surface area contributed by atoms with E-state index in [1.807, 2.05) is 60.7 Å². The molecule has 0 bridgehead atoms. The van der Waals surface area contributed by atoms with Crippen molar-refractivity contribution in [2.24, 2.45) is 0 Å². The highest BCUT2D eigenvalue weighted by molar-refractivity contribution is 7.22. The van der Waals surface area contributed by atoms with Gasteiger partial charge in [0.25, 0.3) is 5.56 Å². The van der Waals surface area contributed by atoms with Crippen LogP contribution in [-0.2, 0) is 17.9 Å². The minimum atomic E-state index is -0.246. The number of ether oxygens (including phenoxy) is 1. The van der Waals surface area contributed by atoms with Gasteiger partial charge in [-0.1, -0.05) is 42.5 Å². The quantitative estimate of drug-likeness (QED) is 0.533. The van der Waals surface area contributed by atoms with Crippen LogP contribution in [0.4, 0.5) is 0 Å². The van der Waals surface area contributed by atoms with Crippen molar-refractivity contribution < 1.29 is 9.53 Å². The number of fused-ring (bicyclic) bond motifs is 1. The molecule has 4 aromatic rings. The summed E-state index contributed by atoms with van der Waals surface area (Å²) in [6.45, 7) is 0.306. The lowest BCUT2D eigenvalue weighted by Gasteiger charge is -2.08. The second kappa shape index (κ2) is 8.28. The maximum atomic E-state index is 12.8. The number of carbonyl (C=O) groups excluding carboxylic acids is 1. The summed E-state index contributed by atoms with van der Waals surface area (Å²) < 4.78 is 7.02. The smallest absolute Gasteiger partial charge is 0.271 e. The number of benzene rings is 2. The second-order valence-electron chi connectivity index (χ2n) is 6.49. The van der Waals surface area contributed by atoms with Gasteiger partial charge in [0.2, 0.25) is 5.91 Å². The predicted octanol–water partition coefficient (Wildman–Crippen LogP) is 3.45. The van der Waals surface area contributed by atoms with Gasteiger partial charge in [-0.3, -0.25) is 14.2 Å². The van der Waals surface area contributed by atoms with Crippen LogP contribution in [0.1, 0.15) is 5.56 Å². The molecule has 2 aromatic heterocycles. The van der Waals surface area contributed by atoms with Crippen molar-refractivity contribution in [3.8, 4) is 16.2 Å². The van der Waals surface area contributed by atoms with E-state index < -0.39 is 0 Å². The van der Waals surface area contributed by atoms with Crippen LogP contribution in [0.15, 0.2) is 71.8 Å². The summed E-state index contributed by atoms with van der Waals surface area (Å²) >= 11 is 1.39. The molecule has 0 aliphatic heterocycles. The normalized spacial score (nSPS) is 10.8. The van der Waals surface area contributed by atoms with E-state index in [0.29, 0.717) is 16.8 Å². The number of aromatic nitrogens is 2. The first-order valence-electron chi connectivity index (χ1n) is 9.08. The molecule has 0 atom stereocenters.